The van der Waals surface area contributed by atoms with Crippen molar-refractivity contribution in [1.29, 1.82) is 0 Å². The van der Waals surface area contributed by atoms with Gasteiger partial charge in [0.25, 0.3) is 0 Å². The van der Waals surface area contributed by atoms with Crippen LogP contribution in [0.3, 0.4) is 0 Å². The van der Waals surface area contributed by atoms with Crippen LogP contribution in [0.1, 0.15) is 60.3 Å². The minimum absolute atomic E-state index is 0.0111. The molecule has 0 aromatic rings. The molecular formula is C25H34O6. The summed E-state index contributed by atoms with van der Waals surface area (Å²) in [7, 11) is 1.66. The molecule has 0 aromatic carbocycles. The number of hydrogen-bond donors (Lipinski definition) is 0. The normalized spacial score (nSPS) is 35.4. The third-order valence-corrected chi connectivity index (χ3v) is 7.61. The fourth-order valence-corrected chi connectivity index (χ4v) is 5.97. The fraction of sp³-hybridized carbons (Fsp3) is 0.640. The second-order valence-corrected chi connectivity index (χ2v) is 10.3. The summed E-state index contributed by atoms with van der Waals surface area (Å²) < 4.78 is 16.3. The molecule has 1 heterocycles. The van der Waals surface area contributed by atoms with Crippen molar-refractivity contribution >= 4 is 17.7 Å². The summed E-state index contributed by atoms with van der Waals surface area (Å²) in [5.74, 6) is -1.55. The van der Waals surface area contributed by atoms with E-state index in [4.69, 9.17) is 14.2 Å². The largest absolute Gasteiger partial charge is 0.432 e. The van der Waals surface area contributed by atoms with Gasteiger partial charge in [-0.2, -0.15) is 0 Å². The molecular weight excluding hydrogens is 396 g/mol. The number of cyclic esters (lactones) is 1. The van der Waals surface area contributed by atoms with Crippen LogP contribution in [0.2, 0.25) is 0 Å². The molecule has 0 aromatic heterocycles. The molecule has 2 bridgehead atoms. The maximum absolute atomic E-state index is 13.9. The van der Waals surface area contributed by atoms with Crippen molar-refractivity contribution in [3.63, 3.8) is 0 Å². The van der Waals surface area contributed by atoms with Crippen molar-refractivity contribution in [3.8, 4) is 0 Å². The number of allylic oxidation sites excluding steroid dienone is 3. The zero-order valence-corrected chi connectivity index (χ0v) is 19.4. The summed E-state index contributed by atoms with van der Waals surface area (Å²) in [5, 5.41) is 0. The molecule has 0 amide bonds. The van der Waals surface area contributed by atoms with Crippen molar-refractivity contribution in [1.82, 2.24) is 0 Å². The molecule has 31 heavy (non-hydrogen) atoms. The highest BCUT2D eigenvalue weighted by Gasteiger charge is 2.69. The summed E-state index contributed by atoms with van der Waals surface area (Å²) >= 11 is 0. The van der Waals surface area contributed by atoms with Gasteiger partial charge in [0.1, 0.15) is 11.2 Å². The van der Waals surface area contributed by atoms with Crippen molar-refractivity contribution in [3.05, 3.63) is 36.3 Å². The second-order valence-electron chi connectivity index (χ2n) is 10.3. The van der Waals surface area contributed by atoms with Crippen LogP contribution in [0.15, 0.2) is 36.3 Å². The number of carbonyl (C=O) groups excluding carboxylic acids is 3. The summed E-state index contributed by atoms with van der Waals surface area (Å²) in [6, 6.07) is 0. The fourth-order valence-electron chi connectivity index (χ4n) is 5.97. The average Bonchev–Trinajstić information content (AvgIpc) is 2.97. The predicted octanol–water partition coefficient (Wildman–Crippen LogP) is 4.50. The number of ether oxygens (including phenoxy) is 3. The van der Waals surface area contributed by atoms with Gasteiger partial charge in [-0.05, 0) is 64.4 Å². The number of esters is 2. The number of hydrogen-bond acceptors (Lipinski definition) is 6. The Morgan fingerprint density at radius 1 is 1.29 bits per heavy atom. The molecule has 5 atom stereocenters. The lowest BCUT2D eigenvalue weighted by molar-refractivity contribution is -0.176. The molecule has 3 rings (SSSR count). The van der Waals surface area contributed by atoms with Gasteiger partial charge < -0.3 is 14.2 Å². The number of ketones is 1. The summed E-state index contributed by atoms with van der Waals surface area (Å²) in [6.45, 7) is 13.6. The molecule has 0 N–H and O–H groups in total. The lowest BCUT2D eigenvalue weighted by Crippen LogP contribution is -2.61. The van der Waals surface area contributed by atoms with Gasteiger partial charge in [-0.25, -0.2) is 4.79 Å². The smallest absolute Gasteiger partial charge is 0.335 e. The van der Waals surface area contributed by atoms with E-state index in [0.29, 0.717) is 12.2 Å². The van der Waals surface area contributed by atoms with E-state index in [2.05, 4.69) is 13.5 Å². The number of methoxy groups -OCH3 is 1. The number of carbonyl (C=O) groups is 3. The van der Waals surface area contributed by atoms with Crippen LogP contribution in [-0.4, -0.2) is 30.4 Å². The summed E-state index contributed by atoms with van der Waals surface area (Å²) in [6.07, 6.45) is 6.90. The standard InChI is InChI=1S/C25H34O6/c1-15(2)12-20(26)30-11-9-19-24(6)10-8-18(23(4,5)29-7)17(14-24)21(27)25(19)13-16(3)31-22(25)28/h9,11-12,17-19H,3,8,10,13-14H2,1-2,4-7H3/b11-9+/t17-,18+,19+,24-,25-/m0/s1. The van der Waals surface area contributed by atoms with E-state index in [9.17, 15) is 14.4 Å². The Bertz CT molecular complexity index is 861. The molecule has 0 radical (unpaired) electrons. The molecule has 1 spiro atoms. The van der Waals surface area contributed by atoms with Crippen LogP contribution >= 0.6 is 0 Å². The molecule has 6 heteroatoms. The number of rotatable bonds is 5. The lowest BCUT2D eigenvalue weighted by Gasteiger charge is -2.57. The topological polar surface area (TPSA) is 78.9 Å². The quantitative estimate of drug-likeness (QED) is 0.276. The highest BCUT2D eigenvalue weighted by Crippen LogP contribution is 2.64. The zero-order chi connectivity index (χ0) is 23.2. The average molecular weight is 431 g/mol. The van der Waals surface area contributed by atoms with E-state index in [1.54, 1.807) is 27.0 Å². The van der Waals surface area contributed by atoms with Gasteiger partial charge in [0.15, 0.2) is 5.78 Å². The molecule has 3 fully saturated rings. The van der Waals surface area contributed by atoms with Crippen LogP contribution in [0.5, 0.6) is 0 Å². The Labute approximate surface area is 184 Å². The molecule has 2 saturated carbocycles. The first-order chi connectivity index (χ1) is 14.4. The van der Waals surface area contributed by atoms with Gasteiger partial charge in [-0.1, -0.05) is 19.1 Å². The third-order valence-electron chi connectivity index (χ3n) is 7.61. The minimum atomic E-state index is -1.34. The Balaban J connectivity index is 2.02. The molecule has 1 saturated heterocycles. The first-order valence-electron chi connectivity index (χ1n) is 10.9. The Kier molecular flexibility index (Phi) is 6.09. The van der Waals surface area contributed by atoms with Crippen LogP contribution in [0, 0.1) is 28.6 Å². The number of fused-ring (bicyclic) bond motifs is 2. The van der Waals surface area contributed by atoms with Crippen molar-refractivity contribution in [2.24, 2.45) is 28.6 Å². The first kappa shape index (κ1) is 23.5. The van der Waals surface area contributed by atoms with Crippen LogP contribution in [-0.2, 0) is 28.6 Å². The number of Topliss-reactive ketones (excluding diaryl/α,β-unsaturated/α-hetero) is 1. The maximum Gasteiger partial charge on any atom is 0.335 e. The van der Waals surface area contributed by atoms with Gasteiger partial charge in [0.05, 0.1) is 11.9 Å². The molecule has 2 aliphatic carbocycles. The molecule has 0 unspecified atom stereocenters. The predicted molar refractivity (Wildman–Crippen MR) is 115 cm³/mol. The van der Waals surface area contributed by atoms with Crippen LogP contribution < -0.4 is 0 Å². The van der Waals surface area contributed by atoms with E-state index < -0.39 is 28.9 Å². The van der Waals surface area contributed by atoms with Crippen LogP contribution in [0.25, 0.3) is 0 Å². The van der Waals surface area contributed by atoms with Crippen LogP contribution in [0.4, 0.5) is 0 Å². The van der Waals surface area contributed by atoms with Crippen molar-refractivity contribution in [2.45, 2.75) is 65.9 Å². The van der Waals surface area contributed by atoms with Crippen molar-refractivity contribution < 1.29 is 28.6 Å². The van der Waals surface area contributed by atoms with E-state index in [1.165, 1.54) is 12.3 Å². The second kappa shape index (κ2) is 8.05. The molecule has 6 nitrogen and oxygen atoms in total. The molecule has 3 aliphatic rings. The molecule has 170 valence electrons. The summed E-state index contributed by atoms with van der Waals surface area (Å²) in [5.41, 5.74) is -1.31. The highest BCUT2D eigenvalue weighted by atomic mass is 16.5. The minimum Gasteiger partial charge on any atom is -0.432 e. The van der Waals surface area contributed by atoms with Crippen molar-refractivity contribution in [2.75, 3.05) is 7.11 Å². The van der Waals surface area contributed by atoms with E-state index in [1.807, 2.05) is 13.8 Å². The highest BCUT2D eigenvalue weighted by molar-refractivity contribution is 6.08. The molecule has 1 aliphatic heterocycles. The third kappa shape index (κ3) is 3.91. The lowest BCUT2D eigenvalue weighted by atomic mass is 9.44. The summed E-state index contributed by atoms with van der Waals surface area (Å²) in [4.78, 5) is 39.0. The van der Waals surface area contributed by atoms with Gasteiger partial charge in [0.2, 0.25) is 0 Å². The van der Waals surface area contributed by atoms with E-state index >= 15 is 0 Å². The van der Waals surface area contributed by atoms with Gasteiger partial charge in [-0.15, -0.1) is 0 Å². The Hall–Kier alpha value is -2.21. The Morgan fingerprint density at radius 3 is 2.52 bits per heavy atom. The van der Waals surface area contributed by atoms with Gasteiger partial charge >= 0.3 is 11.9 Å². The van der Waals surface area contributed by atoms with E-state index in [0.717, 1.165) is 18.4 Å². The van der Waals surface area contributed by atoms with E-state index in [-0.39, 0.29) is 29.5 Å². The SMILES string of the molecule is C=C1C[C@@]2(C(=O)O1)C(=O)[C@H]1C[C@](C)(CC[C@H]1C(C)(C)OC)[C@H]2/C=C/OC(=O)C=C(C)C. The Morgan fingerprint density at radius 2 is 1.97 bits per heavy atom. The van der Waals surface area contributed by atoms with Gasteiger partial charge in [-0.3, -0.25) is 9.59 Å². The maximum atomic E-state index is 13.9. The monoisotopic (exact) mass is 430 g/mol. The zero-order valence-electron chi connectivity index (χ0n) is 19.4. The van der Waals surface area contributed by atoms with Gasteiger partial charge in [0, 0.05) is 31.4 Å². The first-order valence-corrected chi connectivity index (χ1v) is 10.9.